The zero-order valence-electron chi connectivity index (χ0n) is 13.2. The van der Waals surface area contributed by atoms with Crippen LogP contribution in [0.1, 0.15) is 5.56 Å². The van der Waals surface area contributed by atoms with Crippen LogP contribution in [0.4, 0.5) is 0 Å². The predicted octanol–water partition coefficient (Wildman–Crippen LogP) is -0.232. The number of thioether (sulfide) groups is 1. The number of rotatable bonds is 8. The quantitative estimate of drug-likeness (QED) is 0.570. The third-order valence-corrected chi connectivity index (χ3v) is 4.22. The summed E-state index contributed by atoms with van der Waals surface area (Å²) < 4.78 is 1.50. The van der Waals surface area contributed by atoms with Crippen molar-refractivity contribution in [2.45, 2.75) is 18.1 Å². The molecule has 8 nitrogen and oxygen atoms in total. The molecule has 1 heterocycles. The maximum atomic E-state index is 11.8. The van der Waals surface area contributed by atoms with Gasteiger partial charge in [-0.25, -0.2) is 9.89 Å². The van der Waals surface area contributed by atoms with E-state index in [-0.39, 0.29) is 29.8 Å². The van der Waals surface area contributed by atoms with Gasteiger partial charge in [0, 0.05) is 13.6 Å². The van der Waals surface area contributed by atoms with Gasteiger partial charge in [0.1, 0.15) is 0 Å². The van der Waals surface area contributed by atoms with Crippen molar-refractivity contribution in [1.29, 1.82) is 0 Å². The van der Waals surface area contributed by atoms with Crippen LogP contribution in [-0.4, -0.2) is 45.9 Å². The van der Waals surface area contributed by atoms with Crippen molar-refractivity contribution in [2.75, 3.05) is 19.3 Å². The fourth-order valence-electron chi connectivity index (χ4n) is 1.94. The maximum absolute atomic E-state index is 11.8. The summed E-state index contributed by atoms with van der Waals surface area (Å²) in [7, 11) is 1.50. The first-order valence-electron chi connectivity index (χ1n) is 7.39. The molecule has 3 N–H and O–H groups in total. The topological polar surface area (TPSA) is 109 Å². The summed E-state index contributed by atoms with van der Waals surface area (Å²) in [6, 6.07) is 9.81. The molecule has 2 aromatic rings. The molecule has 24 heavy (non-hydrogen) atoms. The number of amides is 2. The molecule has 0 spiro atoms. The van der Waals surface area contributed by atoms with Gasteiger partial charge in [0.05, 0.1) is 12.3 Å². The Hall–Kier alpha value is -2.55. The number of aromatic nitrogens is 3. The van der Waals surface area contributed by atoms with E-state index in [0.29, 0.717) is 18.1 Å². The Morgan fingerprint density at radius 1 is 1.25 bits per heavy atom. The number of hydrogen-bond acceptors (Lipinski definition) is 5. The van der Waals surface area contributed by atoms with Crippen LogP contribution in [-0.2, 0) is 22.6 Å². The average molecular weight is 349 g/mol. The van der Waals surface area contributed by atoms with Gasteiger partial charge in [0.25, 0.3) is 0 Å². The van der Waals surface area contributed by atoms with Crippen LogP contribution in [0.15, 0.2) is 40.3 Å². The predicted molar refractivity (Wildman–Crippen MR) is 90.8 cm³/mol. The normalized spacial score (nSPS) is 10.4. The Morgan fingerprint density at radius 2 is 2.00 bits per heavy atom. The van der Waals surface area contributed by atoms with E-state index in [9.17, 15) is 14.4 Å². The molecule has 0 aliphatic carbocycles. The highest BCUT2D eigenvalue weighted by Crippen LogP contribution is 2.13. The van der Waals surface area contributed by atoms with Gasteiger partial charge in [-0.15, -0.1) is 5.10 Å². The van der Waals surface area contributed by atoms with Crippen LogP contribution < -0.4 is 16.3 Å². The Morgan fingerprint density at radius 3 is 2.71 bits per heavy atom. The van der Waals surface area contributed by atoms with Crippen LogP contribution in [0.2, 0.25) is 0 Å². The largest absolute Gasteiger partial charge is 0.358 e. The van der Waals surface area contributed by atoms with Gasteiger partial charge >= 0.3 is 5.69 Å². The number of benzene rings is 1. The molecule has 0 saturated carbocycles. The zero-order valence-corrected chi connectivity index (χ0v) is 14.1. The number of likely N-dealkylation sites (N-methyl/N-ethyl adjacent to an activating group) is 1. The van der Waals surface area contributed by atoms with Gasteiger partial charge in [0.15, 0.2) is 5.16 Å². The first-order valence-corrected chi connectivity index (χ1v) is 8.38. The SMILES string of the molecule is CNC(=O)CNC(=O)CSc1n[nH]c(=O)n1CCc1ccccc1. The third kappa shape index (κ3) is 5.27. The minimum atomic E-state index is -0.306. The summed E-state index contributed by atoms with van der Waals surface area (Å²) in [5.74, 6) is -0.492. The van der Waals surface area contributed by atoms with Crippen molar-refractivity contribution in [1.82, 2.24) is 25.4 Å². The van der Waals surface area contributed by atoms with E-state index in [4.69, 9.17) is 0 Å². The number of carbonyl (C=O) groups is 2. The second-order valence-corrected chi connectivity index (χ2v) is 5.88. The average Bonchev–Trinajstić information content (AvgIpc) is 2.96. The van der Waals surface area contributed by atoms with E-state index in [1.165, 1.54) is 11.6 Å². The van der Waals surface area contributed by atoms with E-state index in [1.54, 1.807) is 0 Å². The molecular formula is C15H19N5O3S. The molecule has 0 aliphatic heterocycles. The maximum Gasteiger partial charge on any atom is 0.343 e. The lowest BCUT2D eigenvalue weighted by Gasteiger charge is -2.06. The highest BCUT2D eigenvalue weighted by Gasteiger charge is 2.12. The van der Waals surface area contributed by atoms with E-state index >= 15 is 0 Å². The fourth-order valence-corrected chi connectivity index (χ4v) is 2.75. The summed E-state index contributed by atoms with van der Waals surface area (Å²) in [6.45, 7) is 0.402. The number of nitrogens with one attached hydrogen (secondary N) is 3. The molecule has 0 atom stereocenters. The molecule has 0 fully saturated rings. The summed E-state index contributed by atoms with van der Waals surface area (Å²) in [6.07, 6.45) is 0.691. The molecule has 0 unspecified atom stereocenters. The summed E-state index contributed by atoms with van der Waals surface area (Å²) in [5, 5.41) is 11.7. The van der Waals surface area contributed by atoms with Crippen molar-refractivity contribution >= 4 is 23.6 Å². The van der Waals surface area contributed by atoms with Crippen LogP contribution in [0.25, 0.3) is 0 Å². The number of aryl methyl sites for hydroxylation is 1. The minimum Gasteiger partial charge on any atom is -0.358 e. The number of nitrogens with zero attached hydrogens (tertiary/aromatic N) is 2. The van der Waals surface area contributed by atoms with Crippen molar-refractivity contribution < 1.29 is 9.59 Å². The van der Waals surface area contributed by atoms with Gasteiger partial charge in [-0.2, -0.15) is 0 Å². The number of H-pyrrole nitrogens is 1. The molecule has 9 heteroatoms. The van der Waals surface area contributed by atoms with Gasteiger partial charge in [-0.1, -0.05) is 42.1 Å². The van der Waals surface area contributed by atoms with Crippen molar-refractivity contribution in [3.05, 3.63) is 46.4 Å². The highest BCUT2D eigenvalue weighted by molar-refractivity contribution is 7.99. The van der Waals surface area contributed by atoms with Crippen LogP contribution in [0.3, 0.4) is 0 Å². The number of hydrogen-bond donors (Lipinski definition) is 3. The lowest BCUT2D eigenvalue weighted by atomic mass is 10.1. The molecule has 0 aliphatic rings. The van der Waals surface area contributed by atoms with Crippen molar-refractivity contribution in [3.63, 3.8) is 0 Å². The highest BCUT2D eigenvalue weighted by atomic mass is 32.2. The lowest BCUT2D eigenvalue weighted by Crippen LogP contribution is -2.36. The molecule has 0 saturated heterocycles. The Labute approximate surface area is 143 Å². The molecule has 2 amide bonds. The van der Waals surface area contributed by atoms with E-state index in [0.717, 1.165) is 17.3 Å². The monoisotopic (exact) mass is 349 g/mol. The summed E-state index contributed by atoms with van der Waals surface area (Å²) >= 11 is 1.15. The van der Waals surface area contributed by atoms with E-state index in [1.807, 2.05) is 30.3 Å². The standard InChI is InChI=1S/C15H19N5O3S/c1-16-12(21)9-17-13(22)10-24-15-19-18-14(23)20(15)8-7-11-5-3-2-4-6-11/h2-6H,7-10H2,1H3,(H,16,21)(H,17,22)(H,18,23). The Kier molecular flexibility index (Phi) is 6.62. The molecule has 1 aromatic carbocycles. The van der Waals surface area contributed by atoms with Gasteiger partial charge in [-0.3, -0.25) is 14.2 Å². The Balaban J connectivity index is 1.88. The van der Waals surface area contributed by atoms with Crippen molar-refractivity contribution in [2.24, 2.45) is 0 Å². The second kappa shape index (κ2) is 8.92. The van der Waals surface area contributed by atoms with Gasteiger partial charge in [0.2, 0.25) is 11.8 Å². The minimum absolute atomic E-state index is 0.0722. The van der Waals surface area contributed by atoms with Crippen LogP contribution in [0, 0.1) is 0 Å². The zero-order chi connectivity index (χ0) is 17.4. The number of aromatic amines is 1. The molecule has 1 aromatic heterocycles. The molecule has 0 radical (unpaired) electrons. The third-order valence-electron chi connectivity index (χ3n) is 3.25. The van der Waals surface area contributed by atoms with E-state index < -0.39 is 0 Å². The molecule has 0 bridgehead atoms. The smallest absolute Gasteiger partial charge is 0.343 e. The summed E-state index contributed by atoms with van der Waals surface area (Å²) in [5.41, 5.74) is 0.809. The summed E-state index contributed by atoms with van der Waals surface area (Å²) in [4.78, 5) is 34.6. The van der Waals surface area contributed by atoms with Crippen LogP contribution in [0.5, 0.6) is 0 Å². The molecular weight excluding hydrogens is 330 g/mol. The van der Waals surface area contributed by atoms with Crippen molar-refractivity contribution in [3.8, 4) is 0 Å². The van der Waals surface area contributed by atoms with Gasteiger partial charge < -0.3 is 10.6 Å². The molecule has 128 valence electrons. The van der Waals surface area contributed by atoms with Gasteiger partial charge in [-0.05, 0) is 12.0 Å². The first-order chi connectivity index (χ1) is 11.6. The Bertz CT molecular complexity index is 741. The molecule has 2 rings (SSSR count). The second-order valence-electron chi connectivity index (χ2n) is 4.94. The number of carbonyl (C=O) groups excluding carboxylic acids is 2. The lowest BCUT2D eigenvalue weighted by molar-refractivity contribution is -0.124. The van der Waals surface area contributed by atoms with Crippen LogP contribution >= 0.6 is 11.8 Å². The van der Waals surface area contributed by atoms with E-state index in [2.05, 4.69) is 20.8 Å². The fraction of sp³-hybridized carbons (Fsp3) is 0.333. The first kappa shape index (κ1) is 17.8.